The Morgan fingerprint density at radius 1 is 1.12 bits per heavy atom. The fourth-order valence-electron chi connectivity index (χ4n) is 4.59. The van der Waals surface area contributed by atoms with E-state index in [0.29, 0.717) is 12.4 Å². The first-order chi connectivity index (χ1) is 16.4. The lowest BCUT2D eigenvalue weighted by Gasteiger charge is -2.44. The van der Waals surface area contributed by atoms with Crippen molar-refractivity contribution >= 4 is 23.6 Å². The number of nitrogens with zero attached hydrogens (tertiary/aromatic N) is 5. The van der Waals surface area contributed by atoms with E-state index in [0.717, 1.165) is 16.9 Å². The standard InChI is InChI=1S/C24H26N6O3S/c1-24(2)20(21-26-27-28-29(21)14-16-9-11-17(33-3)12-10-16)30-22(32)19(23(30)34-24)25-18(31)13-15-7-5-4-6-8-15/h4-12,19-20,23H,13-14H2,1-3H3,(H,25,31)/t19?,20?,23-/m0/s1. The number of carbonyl (C=O) groups excluding carboxylic acids is 2. The number of methoxy groups -OCH3 is 1. The third-order valence-electron chi connectivity index (χ3n) is 6.26. The van der Waals surface area contributed by atoms with Crippen molar-refractivity contribution < 1.29 is 14.3 Å². The number of β-lactam (4-membered cyclic amide) rings is 1. The number of hydrogen-bond acceptors (Lipinski definition) is 7. The van der Waals surface area contributed by atoms with E-state index in [9.17, 15) is 9.59 Å². The fourth-order valence-corrected chi connectivity index (χ4v) is 6.22. The first-order valence-electron chi connectivity index (χ1n) is 11.1. The monoisotopic (exact) mass is 478 g/mol. The maximum absolute atomic E-state index is 13.2. The number of rotatable bonds is 7. The average Bonchev–Trinajstić information content (AvgIpc) is 3.37. The van der Waals surface area contributed by atoms with Gasteiger partial charge in [-0.3, -0.25) is 9.59 Å². The normalized spacial score (nSPS) is 22.7. The molecular weight excluding hydrogens is 452 g/mol. The van der Waals surface area contributed by atoms with Crippen LogP contribution in [0, 0.1) is 0 Å². The zero-order chi connectivity index (χ0) is 23.9. The number of nitrogens with one attached hydrogen (secondary N) is 1. The maximum atomic E-state index is 13.2. The van der Waals surface area contributed by atoms with Gasteiger partial charge >= 0.3 is 0 Å². The minimum atomic E-state index is -0.545. The molecule has 3 atom stereocenters. The van der Waals surface area contributed by atoms with Crippen molar-refractivity contribution in [3.8, 4) is 5.75 Å². The lowest BCUT2D eigenvalue weighted by atomic mass is 9.95. The molecule has 10 heteroatoms. The van der Waals surface area contributed by atoms with Gasteiger partial charge in [0.25, 0.3) is 0 Å². The summed E-state index contributed by atoms with van der Waals surface area (Å²) in [6, 6.07) is 16.4. The Kier molecular flexibility index (Phi) is 5.76. The van der Waals surface area contributed by atoms with Crippen molar-refractivity contribution in [2.75, 3.05) is 7.11 Å². The number of fused-ring (bicyclic) bond motifs is 1. The molecule has 34 heavy (non-hydrogen) atoms. The maximum Gasteiger partial charge on any atom is 0.249 e. The highest BCUT2D eigenvalue weighted by atomic mass is 32.2. The Hall–Kier alpha value is -3.40. The predicted molar refractivity (Wildman–Crippen MR) is 127 cm³/mol. The first kappa shape index (κ1) is 22.4. The van der Waals surface area contributed by atoms with E-state index in [2.05, 4.69) is 34.7 Å². The minimum absolute atomic E-state index is 0.103. The second-order valence-corrected chi connectivity index (χ2v) is 10.8. The van der Waals surface area contributed by atoms with Crippen LogP contribution in [0.4, 0.5) is 0 Å². The van der Waals surface area contributed by atoms with Crippen LogP contribution in [0.15, 0.2) is 54.6 Å². The van der Waals surface area contributed by atoms with Crippen molar-refractivity contribution in [2.24, 2.45) is 0 Å². The van der Waals surface area contributed by atoms with Crippen molar-refractivity contribution in [3.05, 3.63) is 71.5 Å². The fraction of sp³-hybridized carbons (Fsp3) is 0.375. The van der Waals surface area contributed by atoms with Gasteiger partial charge in [-0.05, 0) is 47.5 Å². The second-order valence-electron chi connectivity index (χ2n) is 9.01. The van der Waals surface area contributed by atoms with Crippen LogP contribution in [0.3, 0.4) is 0 Å². The first-order valence-corrected chi connectivity index (χ1v) is 12.0. The molecule has 3 aromatic rings. The Labute approximate surface area is 201 Å². The van der Waals surface area contributed by atoms with Gasteiger partial charge in [-0.25, -0.2) is 4.68 Å². The van der Waals surface area contributed by atoms with Crippen LogP contribution in [0.1, 0.15) is 36.8 Å². The number of hydrogen-bond donors (Lipinski definition) is 1. The predicted octanol–water partition coefficient (Wildman–Crippen LogP) is 2.19. The number of ether oxygens (including phenoxy) is 1. The molecular formula is C24H26N6O3S. The van der Waals surface area contributed by atoms with Crippen molar-refractivity contribution in [1.82, 2.24) is 30.4 Å². The van der Waals surface area contributed by atoms with Gasteiger partial charge in [0.05, 0.1) is 20.1 Å². The molecule has 2 unspecified atom stereocenters. The van der Waals surface area contributed by atoms with Gasteiger partial charge in [-0.1, -0.05) is 42.5 Å². The molecule has 2 fully saturated rings. The van der Waals surface area contributed by atoms with Gasteiger partial charge < -0.3 is 15.0 Å². The van der Waals surface area contributed by atoms with Crippen molar-refractivity contribution in [3.63, 3.8) is 0 Å². The molecule has 2 saturated heterocycles. The number of tetrazole rings is 1. The molecule has 2 amide bonds. The smallest absolute Gasteiger partial charge is 0.249 e. The topological polar surface area (TPSA) is 102 Å². The number of amides is 2. The number of aromatic nitrogens is 4. The minimum Gasteiger partial charge on any atom is -0.497 e. The summed E-state index contributed by atoms with van der Waals surface area (Å²) in [7, 11) is 1.63. The summed E-state index contributed by atoms with van der Waals surface area (Å²) in [4.78, 5) is 27.6. The highest BCUT2D eigenvalue weighted by Crippen LogP contribution is 2.56. The molecule has 2 aliphatic heterocycles. The summed E-state index contributed by atoms with van der Waals surface area (Å²) in [5.74, 6) is 1.16. The summed E-state index contributed by atoms with van der Waals surface area (Å²) in [6.07, 6.45) is 0.245. The molecule has 1 aromatic heterocycles. The van der Waals surface area contributed by atoms with Crippen LogP contribution in [0.5, 0.6) is 5.75 Å². The molecule has 176 valence electrons. The molecule has 0 bridgehead atoms. The van der Waals surface area contributed by atoms with E-state index in [1.54, 1.807) is 23.6 Å². The number of carbonyl (C=O) groups is 2. The van der Waals surface area contributed by atoms with Gasteiger partial charge in [0, 0.05) is 4.75 Å². The van der Waals surface area contributed by atoms with E-state index in [1.807, 2.05) is 59.5 Å². The van der Waals surface area contributed by atoms with Crippen LogP contribution in [0.25, 0.3) is 0 Å². The zero-order valence-corrected chi connectivity index (χ0v) is 20.0. The van der Waals surface area contributed by atoms with Crippen LogP contribution < -0.4 is 10.1 Å². The SMILES string of the molecule is COc1ccc(Cn2nnnc2C2N3C(=O)C(NC(=O)Cc4ccccc4)[C@@H]3SC2(C)C)cc1. The average molecular weight is 479 g/mol. The largest absolute Gasteiger partial charge is 0.497 e. The van der Waals surface area contributed by atoms with Gasteiger partial charge in [-0.15, -0.1) is 16.9 Å². The Bertz CT molecular complexity index is 1200. The van der Waals surface area contributed by atoms with Gasteiger partial charge in [0.2, 0.25) is 11.8 Å². The van der Waals surface area contributed by atoms with E-state index < -0.39 is 6.04 Å². The lowest BCUT2D eigenvalue weighted by molar-refractivity contribution is -0.151. The van der Waals surface area contributed by atoms with Crippen LogP contribution in [-0.2, 0) is 22.6 Å². The number of benzene rings is 2. The van der Waals surface area contributed by atoms with Crippen LogP contribution in [0.2, 0.25) is 0 Å². The van der Waals surface area contributed by atoms with Gasteiger partial charge in [-0.2, -0.15) is 0 Å². The van der Waals surface area contributed by atoms with E-state index in [4.69, 9.17) is 4.74 Å². The molecule has 2 aromatic carbocycles. The highest BCUT2D eigenvalue weighted by Gasteiger charge is 2.63. The summed E-state index contributed by atoms with van der Waals surface area (Å²) >= 11 is 1.67. The highest BCUT2D eigenvalue weighted by molar-refractivity contribution is 8.01. The molecule has 9 nitrogen and oxygen atoms in total. The quantitative estimate of drug-likeness (QED) is 0.520. The molecule has 1 N–H and O–H groups in total. The number of thioether (sulfide) groups is 1. The van der Waals surface area contributed by atoms with Crippen molar-refractivity contribution in [1.29, 1.82) is 0 Å². The van der Waals surface area contributed by atoms with Crippen LogP contribution >= 0.6 is 11.8 Å². The third kappa shape index (κ3) is 4.02. The second kappa shape index (κ2) is 8.75. The summed E-state index contributed by atoms with van der Waals surface area (Å²) < 4.78 is 6.64. The molecule has 0 saturated carbocycles. The molecule has 0 spiro atoms. The third-order valence-corrected chi connectivity index (χ3v) is 7.83. The molecule has 2 aliphatic rings. The summed E-state index contributed by atoms with van der Waals surface area (Å²) in [5, 5.41) is 15.2. The van der Waals surface area contributed by atoms with Gasteiger partial charge in [0.15, 0.2) is 5.82 Å². The molecule has 3 heterocycles. The van der Waals surface area contributed by atoms with Gasteiger partial charge in [0.1, 0.15) is 23.2 Å². The zero-order valence-electron chi connectivity index (χ0n) is 19.2. The van der Waals surface area contributed by atoms with Crippen LogP contribution in [-0.4, -0.2) is 60.2 Å². The lowest BCUT2D eigenvalue weighted by Crippen LogP contribution is -2.68. The van der Waals surface area contributed by atoms with E-state index in [1.165, 1.54) is 0 Å². The summed E-state index contributed by atoms with van der Waals surface area (Å²) in [6.45, 7) is 4.65. The van der Waals surface area contributed by atoms with E-state index >= 15 is 0 Å². The Balaban J connectivity index is 1.31. The Morgan fingerprint density at radius 2 is 1.85 bits per heavy atom. The van der Waals surface area contributed by atoms with Crippen molar-refractivity contribution in [2.45, 2.75) is 49.0 Å². The summed E-state index contributed by atoms with van der Waals surface area (Å²) in [5.41, 5.74) is 1.94. The molecule has 0 aliphatic carbocycles. The Morgan fingerprint density at radius 3 is 2.56 bits per heavy atom. The molecule has 5 rings (SSSR count). The molecule has 0 radical (unpaired) electrons. The van der Waals surface area contributed by atoms with E-state index in [-0.39, 0.29) is 34.4 Å².